The summed E-state index contributed by atoms with van der Waals surface area (Å²) >= 11 is 0. The predicted molar refractivity (Wildman–Crippen MR) is 117 cm³/mol. The largest absolute Gasteiger partial charge is 0.488 e. The molecule has 1 aromatic heterocycles. The van der Waals surface area contributed by atoms with E-state index in [4.69, 9.17) is 9.47 Å². The lowest BCUT2D eigenvalue weighted by Gasteiger charge is -2.17. The van der Waals surface area contributed by atoms with E-state index in [1.807, 2.05) is 19.0 Å². The van der Waals surface area contributed by atoms with Gasteiger partial charge in [0.1, 0.15) is 18.2 Å². The summed E-state index contributed by atoms with van der Waals surface area (Å²) in [6.45, 7) is 0.704. The molecule has 0 aliphatic carbocycles. The van der Waals surface area contributed by atoms with Gasteiger partial charge in [-0.3, -0.25) is 9.59 Å². The van der Waals surface area contributed by atoms with Crippen molar-refractivity contribution in [1.29, 1.82) is 0 Å². The van der Waals surface area contributed by atoms with E-state index < -0.39 is 34.6 Å². The first kappa shape index (κ1) is 24.8. The molecule has 0 atom stereocenters. The van der Waals surface area contributed by atoms with Gasteiger partial charge < -0.3 is 24.7 Å². The smallest absolute Gasteiger partial charge is 0.416 e. The average molecular weight is 479 g/mol. The number of aromatic nitrogens is 1. The third-order valence-corrected chi connectivity index (χ3v) is 4.51. The molecule has 180 valence electrons. The van der Waals surface area contributed by atoms with Gasteiger partial charge in [0.2, 0.25) is 5.56 Å². The molecule has 0 aliphatic rings. The monoisotopic (exact) mass is 479 g/mol. The lowest BCUT2D eigenvalue weighted by molar-refractivity contribution is -0.137. The van der Waals surface area contributed by atoms with Gasteiger partial charge >= 0.3 is 6.18 Å². The van der Waals surface area contributed by atoms with E-state index in [0.717, 1.165) is 30.3 Å². The molecule has 0 radical (unpaired) electrons. The van der Waals surface area contributed by atoms with Gasteiger partial charge in [-0.1, -0.05) is 0 Å². The van der Waals surface area contributed by atoms with Gasteiger partial charge in [0.25, 0.3) is 5.91 Å². The number of halogens is 4. The molecule has 1 heterocycles. The maximum atomic E-state index is 13.8. The molecule has 2 N–H and O–H groups in total. The van der Waals surface area contributed by atoms with Crippen molar-refractivity contribution in [3.63, 3.8) is 0 Å². The van der Waals surface area contributed by atoms with Gasteiger partial charge in [-0.05, 0) is 50.5 Å². The molecule has 34 heavy (non-hydrogen) atoms. The minimum Gasteiger partial charge on any atom is -0.488 e. The number of alkyl halides is 3. The van der Waals surface area contributed by atoms with Crippen molar-refractivity contribution in [2.75, 3.05) is 32.6 Å². The van der Waals surface area contributed by atoms with E-state index >= 15 is 0 Å². The first-order valence-electron chi connectivity index (χ1n) is 9.99. The molecule has 0 fully saturated rings. The van der Waals surface area contributed by atoms with Crippen LogP contribution in [-0.4, -0.2) is 43.0 Å². The first-order valence-corrected chi connectivity index (χ1v) is 9.99. The molecule has 2 aromatic carbocycles. The number of hydrogen-bond acceptors (Lipinski definition) is 5. The summed E-state index contributed by atoms with van der Waals surface area (Å²) in [6, 6.07) is 8.23. The van der Waals surface area contributed by atoms with E-state index in [0.29, 0.717) is 12.6 Å². The van der Waals surface area contributed by atoms with Crippen LogP contribution in [0.25, 0.3) is 0 Å². The number of pyridine rings is 1. The van der Waals surface area contributed by atoms with Crippen molar-refractivity contribution in [2.45, 2.75) is 6.18 Å². The van der Waals surface area contributed by atoms with Crippen molar-refractivity contribution in [2.24, 2.45) is 0 Å². The number of nitrogens with zero attached hydrogens (tertiary/aromatic N) is 1. The van der Waals surface area contributed by atoms with E-state index in [9.17, 15) is 27.2 Å². The Kier molecular flexibility index (Phi) is 7.57. The summed E-state index contributed by atoms with van der Waals surface area (Å²) in [5, 5.41) is 2.37. The minimum atomic E-state index is -4.71. The zero-order chi connectivity index (χ0) is 24.9. The summed E-state index contributed by atoms with van der Waals surface area (Å²) in [6.07, 6.45) is -3.44. The summed E-state index contributed by atoms with van der Waals surface area (Å²) in [5.74, 6) is -1.75. The van der Waals surface area contributed by atoms with Gasteiger partial charge in [0, 0.05) is 30.6 Å². The standard InChI is InChI=1S/C23H21F4N3O4/c1-30(2)9-10-33-20-12-15(24)4-6-19(20)34-18-5-3-14(23(25,26)27)11-17(18)22(32)29-16-7-8-28-21(31)13-16/h3-8,11-13H,9-10H2,1-2H3,(H2,28,29,31,32). The van der Waals surface area contributed by atoms with Gasteiger partial charge in [0.05, 0.1) is 11.1 Å². The predicted octanol–water partition coefficient (Wildman–Crippen LogP) is 4.52. The number of amides is 1. The van der Waals surface area contributed by atoms with Crippen LogP contribution in [0.5, 0.6) is 17.2 Å². The number of H-pyrrole nitrogens is 1. The summed E-state index contributed by atoms with van der Waals surface area (Å²) in [4.78, 5) is 28.5. The summed E-state index contributed by atoms with van der Waals surface area (Å²) in [7, 11) is 3.64. The number of carbonyl (C=O) groups is 1. The molecular weight excluding hydrogens is 458 g/mol. The molecule has 3 aromatic rings. The molecule has 0 aliphatic heterocycles. The number of nitrogens with one attached hydrogen (secondary N) is 2. The van der Waals surface area contributed by atoms with Crippen LogP contribution >= 0.6 is 0 Å². The van der Waals surface area contributed by atoms with Crippen LogP contribution in [0.15, 0.2) is 59.5 Å². The molecule has 0 spiro atoms. The second kappa shape index (κ2) is 10.4. The van der Waals surface area contributed by atoms with Gasteiger partial charge in [-0.2, -0.15) is 13.2 Å². The molecule has 7 nitrogen and oxygen atoms in total. The number of anilines is 1. The Bertz CT molecular complexity index is 1230. The third kappa shape index (κ3) is 6.58. The number of aromatic amines is 1. The normalized spacial score (nSPS) is 11.4. The molecular formula is C23H21F4N3O4. The number of carbonyl (C=O) groups excluding carboxylic acids is 1. The van der Waals surface area contributed by atoms with Gasteiger partial charge in [-0.25, -0.2) is 4.39 Å². The van der Waals surface area contributed by atoms with Crippen molar-refractivity contribution in [3.05, 3.63) is 82.0 Å². The second-order valence-electron chi connectivity index (χ2n) is 7.45. The van der Waals surface area contributed by atoms with Crippen molar-refractivity contribution in [3.8, 4) is 17.2 Å². The molecule has 0 saturated carbocycles. The van der Waals surface area contributed by atoms with Crippen molar-refractivity contribution < 1.29 is 31.8 Å². The average Bonchev–Trinajstić information content (AvgIpc) is 2.74. The molecule has 11 heteroatoms. The summed E-state index contributed by atoms with van der Waals surface area (Å²) < 4.78 is 64.9. The fourth-order valence-corrected chi connectivity index (χ4v) is 2.83. The van der Waals surface area contributed by atoms with Crippen LogP contribution < -0.4 is 20.3 Å². The molecule has 3 rings (SSSR count). The SMILES string of the molecule is CN(C)CCOc1cc(F)ccc1Oc1ccc(C(F)(F)F)cc1C(=O)Nc1cc[nH]c(=O)c1. The minimum absolute atomic E-state index is 0.00474. The topological polar surface area (TPSA) is 83.7 Å². The Balaban J connectivity index is 1.96. The quantitative estimate of drug-likeness (QED) is 0.465. The zero-order valence-electron chi connectivity index (χ0n) is 18.2. The highest BCUT2D eigenvalue weighted by molar-refractivity contribution is 6.06. The fraction of sp³-hybridized carbons (Fsp3) is 0.217. The Morgan fingerprint density at radius 1 is 1.03 bits per heavy atom. The van der Waals surface area contributed by atoms with Gasteiger partial charge in [-0.15, -0.1) is 0 Å². The first-order chi connectivity index (χ1) is 16.0. The molecule has 0 unspecified atom stereocenters. The number of ether oxygens (including phenoxy) is 2. The Morgan fingerprint density at radius 3 is 2.44 bits per heavy atom. The number of benzene rings is 2. The Morgan fingerprint density at radius 2 is 1.76 bits per heavy atom. The number of rotatable bonds is 8. The Labute approximate surface area is 191 Å². The lowest BCUT2D eigenvalue weighted by Crippen LogP contribution is -2.19. The van der Waals surface area contributed by atoms with Crippen LogP contribution in [0, 0.1) is 5.82 Å². The van der Waals surface area contributed by atoms with E-state index in [-0.39, 0.29) is 29.5 Å². The van der Waals surface area contributed by atoms with E-state index in [1.54, 1.807) is 0 Å². The fourth-order valence-electron chi connectivity index (χ4n) is 2.83. The Hall–Kier alpha value is -3.86. The van der Waals surface area contributed by atoms with Crippen LogP contribution in [0.3, 0.4) is 0 Å². The van der Waals surface area contributed by atoms with E-state index in [2.05, 4.69) is 10.3 Å². The van der Waals surface area contributed by atoms with Crippen LogP contribution in [0.2, 0.25) is 0 Å². The van der Waals surface area contributed by atoms with Crippen molar-refractivity contribution >= 4 is 11.6 Å². The zero-order valence-corrected chi connectivity index (χ0v) is 18.2. The molecule has 0 saturated heterocycles. The van der Waals surface area contributed by atoms with Crippen LogP contribution in [-0.2, 0) is 6.18 Å². The van der Waals surface area contributed by atoms with Crippen LogP contribution in [0.4, 0.5) is 23.2 Å². The highest BCUT2D eigenvalue weighted by Gasteiger charge is 2.32. The highest BCUT2D eigenvalue weighted by atomic mass is 19.4. The van der Waals surface area contributed by atoms with Gasteiger partial charge in [0.15, 0.2) is 11.5 Å². The molecule has 1 amide bonds. The molecule has 0 bridgehead atoms. The number of likely N-dealkylation sites (N-methyl/N-ethyl adjacent to an activating group) is 1. The van der Waals surface area contributed by atoms with Crippen LogP contribution in [0.1, 0.15) is 15.9 Å². The third-order valence-electron chi connectivity index (χ3n) is 4.51. The summed E-state index contributed by atoms with van der Waals surface area (Å²) in [5.41, 5.74) is -1.95. The number of hydrogen-bond donors (Lipinski definition) is 2. The highest BCUT2D eigenvalue weighted by Crippen LogP contribution is 2.37. The maximum Gasteiger partial charge on any atom is 0.416 e. The second-order valence-corrected chi connectivity index (χ2v) is 7.45. The van der Waals surface area contributed by atoms with E-state index in [1.165, 1.54) is 18.3 Å². The van der Waals surface area contributed by atoms with Crippen molar-refractivity contribution in [1.82, 2.24) is 9.88 Å². The lowest BCUT2D eigenvalue weighted by atomic mass is 10.1. The maximum absolute atomic E-state index is 13.8.